The van der Waals surface area contributed by atoms with Gasteiger partial charge in [0, 0.05) is 5.56 Å². The van der Waals surface area contributed by atoms with E-state index in [1.54, 1.807) is 0 Å². The van der Waals surface area contributed by atoms with Crippen molar-refractivity contribution in [1.29, 1.82) is 0 Å². The Bertz CT molecular complexity index is 533. The van der Waals surface area contributed by atoms with Crippen LogP contribution in [-0.2, 0) is 16.1 Å². The van der Waals surface area contributed by atoms with Gasteiger partial charge in [0.1, 0.15) is 13.2 Å². The van der Waals surface area contributed by atoms with Gasteiger partial charge in [0.15, 0.2) is 0 Å². The molecule has 18 heavy (non-hydrogen) atoms. The number of ether oxygens (including phenoxy) is 1. The van der Waals surface area contributed by atoms with Crippen LogP contribution in [0.15, 0.2) is 28.8 Å². The fraction of sp³-hybridized carbons (Fsp3) is 0.250. The number of hydrogen-bond acceptors (Lipinski definition) is 5. The van der Waals surface area contributed by atoms with Gasteiger partial charge < -0.3 is 14.4 Å². The van der Waals surface area contributed by atoms with Crippen LogP contribution in [0, 0.1) is 6.92 Å². The Hall–Kier alpha value is -2.21. The van der Waals surface area contributed by atoms with Crippen LogP contribution < -0.4 is 0 Å². The summed E-state index contributed by atoms with van der Waals surface area (Å²) in [6.07, 6.45) is 0. The number of aromatic nitrogens is 2. The first-order valence-electron chi connectivity index (χ1n) is 5.34. The van der Waals surface area contributed by atoms with Crippen LogP contribution >= 0.6 is 0 Å². The molecule has 0 saturated carbocycles. The van der Waals surface area contributed by atoms with Gasteiger partial charge >= 0.3 is 5.97 Å². The molecule has 1 aromatic heterocycles. The summed E-state index contributed by atoms with van der Waals surface area (Å²) >= 11 is 0. The molecule has 0 saturated heterocycles. The molecule has 0 aliphatic carbocycles. The Morgan fingerprint density at radius 2 is 2.11 bits per heavy atom. The number of carbonyl (C=O) groups is 1. The van der Waals surface area contributed by atoms with Crippen LogP contribution in [0.4, 0.5) is 0 Å². The predicted molar refractivity (Wildman–Crippen MR) is 61.8 cm³/mol. The molecule has 6 heteroatoms. The Labute approximate surface area is 103 Å². The van der Waals surface area contributed by atoms with E-state index in [9.17, 15) is 4.79 Å². The normalized spacial score (nSPS) is 10.5. The maximum Gasteiger partial charge on any atom is 0.329 e. The predicted octanol–water partition coefficient (Wildman–Crippen LogP) is 1.65. The SMILES string of the molecule is Cc1ccc(-c2noc(COCC(=O)O)n2)cc1. The summed E-state index contributed by atoms with van der Waals surface area (Å²) in [5.74, 6) is -0.316. The van der Waals surface area contributed by atoms with Crippen molar-refractivity contribution in [3.8, 4) is 11.4 Å². The topological polar surface area (TPSA) is 85.5 Å². The first-order valence-corrected chi connectivity index (χ1v) is 5.34. The number of carboxylic acids is 1. The quantitative estimate of drug-likeness (QED) is 0.865. The van der Waals surface area contributed by atoms with Crippen molar-refractivity contribution in [2.24, 2.45) is 0 Å². The molecule has 0 aliphatic heterocycles. The van der Waals surface area contributed by atoms with E-state index < -0.39 is 5.97 Å². The van der Waals surface area contributed by atoms with Crippen LogP contribution in [-0.4, -0.2) is 27.8 Å². The van der Waals surface area contributed by atoms with E-state index in [4.69, 9.17) is 14.4 Å². The van der Waals surface area contributed by atoms with Crippen molar-refractivity contribution in [2.75, 3.05) is 6.61 Å². The molecule has 2 aromatic rings. The van der Waals surface area contributed by atoms with Crippen molar-refractivity contribution in [3.63, 3.8) is 0 Å². The molecule has 0 bridgehead atoms. The summed E-state index contributed by atoms with van der Waals surface area (Å²) in [5.41, 5.74) is 1.99. The third-order valence-electron chi connectivity index (χ3n) is 2.23. The van der Waals surface area contributed by atoms with E-state index in [0.29, 0.717) is 5.82 Å². The number of nitrogens with zero attached hydrogens (tertiary/aromatic N) is 2. The molecular formula is C12H12N2O4. The van der Waals surface area contributed by atoms with Crippen molar-refractivity contribution in [2.45, 2.75) is 13.5 Å². The van der Waals surface area contributed by atoms with Gasteiger partial charge in [0.05, 0.1) is 0 Å². The maximum absolute atomic E-state index is 10.3. The molecular weight excluding hydrogens is 236 g/mol. The summed E-state index contributed by atoms with van der Waals surface area (Å²) in [4.78, 5) is 14.4. The molecule has 1 N–H and O–H groups in total. The van der Waals surface area contributed by atoms with Crippen molar-refractivity contribution < 1.29 is 19.2 Å². The molecule has 2 rings (SSSR count). The largest absolute Gasteiger partial charge is 0.480 e. The highest BCUT2D eigenvalue weighted by Gasteiger charge is 2.09. The van der Waals surface area contributed by atoms with Gasteiger partial charge in [-0.3, -0.25) is 0 Å². The highest BCUT2D eigenvalue weighted by atomic mass is 16.5. The number of hydrogen-bond donors (Lipinski definition) is 1. The third kappa shape index (κ3) is 3.14. The van der Waals surface area contributed by atoms with E-state index in [1.165, 1.54) is 0 Å². The molecule has 0 spiro atoms. The Morgan fingerprint density at radius 1 is 1.39 bits per heavy atom. The van der Waals surface area contributed by atoms with Gasteiger partial charge in [0.25, 0.3) is 5.89 Å². The third-order valence-corrected chi connectivity index (χ3v) is 2.23. The van der Waals surface area contributed by atoms with Crippen LogP contribution in [0.25, 0.3) is 11.4 Å². The molecule has 0 radical (unpaired) electrons. The smallest absolute Gasteiger partial charge is 0.329 e. The first-order chi connectivity index (χ1) is 8.65. The average molecular weight is 248 g/mol. The van der Waals surface area contributed by atoms with Crippen LogP contribution in [0.5, 0.6) is 0 Å². The zero-order valence-corrected chi connectivity index (χ0v) is 9.79. The molecule has 0 amide bonds. The fourth-order valence-electron chi connectivity index (χ4n) is 1.36. The summed E-state index contributed by atoms with van der Waals surface area (Å²) in [6.45, 7) is 1.60. The summed E-state index contributed by atoms with van der Waals surface area (Å²) < 4.78 is 9.81. The Morgan fingerprint density at radius 3 is 2.78 bits per heavy atom. The fourth-order valence-corrected chi connectivity index (χ4v) is 1.36. The summed E-state index contributed by atoms with van der Waals surface area (Å²) in [7, 11) is 0. The molecule has 0 aliphatic rings. The molecule has 94 valence electrons. The molecule has 6 nitrogen and oxygen atoms in total. The molecule has 1 aromatic carbocycles. The van der Waals surface area contributed by atoms with Crippen molar-refractivity contribution >= 4 is 5.97 Å². The number of aryl methyl sites for hydroxylation is 1. The Balaban J connectivity index is 2.01. The lowest BCUT2D eigenvalue weighted by molar-refractivity contribution is -0.142. The maximum atomic E-state index is 10.3. The van der Waals surface area contributed by atoms with Gasteiger partial charge in [-0.05, 0) is 6.92 Å². The van der Waals surface area contributed by atoms with Crippen molar-refractivity contribution in [1.82, 2.24) is 10.1 Å². The first kappa shape index (κ1) is 12.3. The number of benzene rings is 1. The van der Waals surface area contributed by atoms with Crippen molar-refractivity contribution in [3.05, 3.63) is 35.7 Å². The second-order valence-electron chi connectivity index (χ2n) is 3.76. The average Bonchev–Trinajstić information content (AvgIpc) is 2.78. The zero-order chi connectivity index (χ0) is 13.0. The second kappa shape index (κ2) is 5.42. The number of rotatable bonds is 5. The zero-order valence-electron chi connectivity index (χ0n) is 9.79. The minimum Gasteiger partial charge on any atom is -0.480 e. The van der Waals surface area contributed by atoms with Gasteiger partial charge in [-0.1, -0.05) is 35.0 Å². The summed E-state index contributed by atoms with van der Waals surface area (Å²) in [6, 6.07) is 7.68. The highest BCUT2D eigenvalue weighted by Crippen LogP contribution is 2.16. The van der Waals surface area contributed by atoms with E-state index in [2.05, 4.69) is 10.1 Å². The summed E-state index contributed by atoms with van der Waals surface area (Å²) in [5, 5.41) is 12.2. The van der Waals surface area contributed by atoms with E-state index in [0.717, 1.165) is 11.1 Å². The van der Waals surface area contributed by atoms with Crippen LogP contribution in [0.2, 0.25) is 0 Å². The van der Waals surface area contributed by atoms with E-state index in [1.807, 2.05) is 31.2 Å². The lowest BCUT2D eigenvalue weighted by Crippen LogP contribution is -2.06. The van der Waals surface area contributed by atoms with Gasteiger partial charge in [-0.2, -0.15) is 4.98 Å². The van der Waals surface area contributed by atoms with E-state index >= 15 is 0 Å². The highest BCUT2D eigenvalue weighted by molar-refractivity contribution is 5.67. The monoisotopic (exact) mass is 248 g/mol. The Kier molecular flexibility index (Phi) is 3.69. The molecule has 1 heterocycles. The molecule has 0 atom stereocenters. The molecule has 0 unspecified atom stereocenters. The number of carboxylic acid groups (broad SMARTS) is 1. The lowest BCUT2D eigenvalue weighted by Gasteiger charge is -1.95. The minimum atomic E-state index is -1.03. The van der Waals surface area contributed by atoms with Gasteiger partial charge in [-0.15, -0.1) is 0 Å². The second-order valence-corrected chi connectivity index (χ2v) is 3.76. The van der Waals surface area contributed by atoms with Gasteiger partial charge in [0.2, 0.25) is 5.82 Å². The standard InChI is InChI=1S/C12H12N2O4/c1-8-2-4-9(5-3-8)12-13-10(18-14-12)6-17-7-11(15)16/h2-5H,6-7H2,1H3,(H,15,16). The van der Waals surface area contributed by atoms with Gasteiger partial charge in [-0.25, -0.2) is 4.79 Å². The van der Waals surface area contributed by atoms with Crippen LogP contribution in [0.3, 0.4) is 0 Å². The molecule has 0 fully saturated rings. The minimum absolute atomic E-state index is 0.00877. The number of aliphatic carboxylic acids is 1. The van der Waals surface area contributed by atoms with Crippen LogP contribution in [0.1, 0.15) is 11.5 Å². The lowest BCUT2D eigenvalue weighted by atomic mass is 10.1. The van der Waals surface area contributed by atoms with E-state index in [-0.39, 0.29) is 19.1 Å².